The summed E-state index contributed by atoms with van der Waals surface area (Å²) in [6.07, 6.45) is 0. The predicted molar refractivity (Wildman–Crippen MR) is 75.0 cm³/mol. The monoisotopic (exact) mass is 252 g/mol. The van der Waals surface area contributed by atoms with E-state index in [1.54, 1.807) is 0 Å². The first-order chi connectivity index (χ1) is 8.08. The second-order valence-electron chi connectivity index (χ2n) is 4.57. The van der Waals surface area contributed by atoms with Crippen molar-refractivity contribution in [2.45, 2.75) is 31.3 Å². The van der Waals surface area contributed by atoms with E-state index in [0.29, 0.717) is 10.5 Å². The molecule has 17 heavy (non-hydrogen) atoms. The maximum atomic E-state index is 4.54. The van der Waals surface area contributed by atoms with Crippen LogP contribution in [0, 0.1) is 6.92 Å². The van der Waals surface area contributed by atoms with E-state index in [-0.39, 0.29) is 0 Å². The highest BCUT2D eigenvalue weighted by molar-refractivity contribution is 8.00. The second kappa shape index (κ2) is 5.12. The number of hydrogen-bond acceptors (Lipinski definition) is 5. The highest BCUT2D eigenvalue weighted by Crippen LogP contribution is 2.28. The van der Waals surface area contributed by atoms with E-state index < -0.39 is 0 Å². The van der Waals surface area contributed by atoms with Gasteiger partial charge in [0.05, 0.1) is 0 Å². The fourth-order valence-electron chi connectivity index (χ4n) is 2.21. The van der Waals surface area contributed by atoms with E-state index in [2.05, 4.69) is 45.8 Å². The van der Waals surface area contributed by atoms with Crippen LogP contribution in [-0.4, -0.2) is 40.6 Å². The van der Waals surface area contributed by atoms with Crippen molar-refractivity contribution in [3.8, 4) is 0 Å². The molecular formula is C12H20N4S. The minimum absolute atomic E-state index is 0.659. The third-order valence-electron chi connectivity index (χ3n) is 2.82. The molecule has 0 radical (unpaired) electrons. The largest absolute Gasteiger partial charge is 0.373 e. The maximum Gasteiger partial charge on any atom is 0.134 e. The molecule has 2 atom stereocenters. The Morgan fingerprint density at radius 1 is 1.29 bits per heavy atom. The lowest BCUT2D eigenvalue weighted by Gasteiger charge is -2.35. The molecule has 94 valence electrons. The Morgan fingerprint density at radius 3 is 2.53 bits per heavy atom. The van der Waals surface area contributed by atoms with Gasteiger partial charge in [-0.1, -0.05) is 13.8 Å². The average Bonchev–Trinajstić information content (AvgIpc) is 2.26. The standard InChI is InChI=1S/C12H20N4S/c1-8-6-16(7-9(2)17-8)12-5-11(13-4)14-10(3)15-12/h5,8-9H,6-7H2,1-4H3,(H,13,14,15). The molecule has 4 nitrogen and oxygen atoms in total. The van der Waals surface area contributed by atoms with Gasteiger partial charge in [-0.2, -0.15) is 11.8 Å². The first-order valence-corrected chi connectivity index (χ1v) is 6.96. The van der Waals surface area contributed by atoms with Gasteiger partial charge in [0.15, 0.2) is 0 Å². The van der Waals surface area contributed by atoms with Crippen LogP contribution in [0.5, 0.6) is 0 Å². The molecule has 1 aromatic heterocycles. The van der Waals surface area contributed by atoms with Crippen molar-refractivity contribution in [3.05, 3.63) is 11.9 Å². The Balaban J connectivity index is 2.23. The molecule has 1 fully saturated rings. The van der Waals surface area contributed by atoms with Crippen molar-refractivity contribution in [1.82, 2.24) is 9.97 Å². The van der Waals surface area contributed by atoms with Crippen LogP contribution >= 0.6 is 11.8 Å². The summed E-state index contributed by atoms with van der Waals surface area (Å²) in [5, 5.41) is 4.41. The molecule has 0 aliphatic carbocycles. The normalized spacial score (nSPS) is 24.8. The van der Waals surface area contributed by atoms with Crippen LogP contribution in [0.1, 0.15) is 19.7 Å². The summed E-state index contributed by atoms with van der Waals surface area (Å²) in [7, 11) is 1.89. The summed E-state index contributed by atoms with van der Waals surface area (Å²) < 4.78 is 0. The minimum atomic E-state index is 0.659. The number of thioether (sulfide) groups is 1. The molecule has 1 aliphatic heterocycles. The Morgan fingerprint density at radius 2 is 1.94 bits per heavy atom. The van der Waals surface area contributed by atoms with Crippen molar-refractivity contribution in [1.29, 1.82) is 0 Å². The van der Waals surface area contributed by atoms with Gasteiger partial charge in [0.25, 0.3) is 0 Å². The number of hydrogen-bond donors (Lipinski definition) is 1. The minimum Gasteiger partial charge on any atom is -0.373 e. The smallest absolute Gasteiger partial charge is 0.134 e. The van der Waals surface area contributed by atoms with Crippen molar-refractivity contribution in [3.63, 3.8) is 0 Å². The highest BCUT2D eigenvalue weighted by atomic mass is 32.2. The molecule has 1 aliphatic rings. The summed E-state index contributed by atoms with van der Waals surface area (Å²) in [5.74, 6) is 2.76. The van der Waals surface area contributed by atoms with Crippen molar-refractivity contribution < 1.29 is 0 Å². The fraction of sp³-hybridized carbons (Fsp3) is 0.667. The van der Waals surface area contributed by atoms with Gasteiger partial charge in [0.1, 0.15) is 17.5 Å². The summed E-state index contributed by atoms with van der Waals surface area (Å²) in [4.78, 5) is 11.2. The molecule has 1 N–H and O–H groups in total. The number of nitrogens with zero attached hydrogens (tertiary/aromatic N) is 3. The van der Waals surface area contributed by atoms with Gasteiger partial charge >= 0.3 is 0 Å². The summed E-state index contributed by atoms with van der Waals surface area (Å²) in [6, 6.07) is 2.03. The number of anilines is 2. The Kier molecular flexibility index (Phi) is 3.76. The molecule has 0 aromatic carbocycles. The topological polar surface area (TPSA) is 41.0 Å². The quantitative estimate of drug-likeness (QED) is 0.873. The van der Waals surface area contributed by atoms with E-state index in [0.717, 1.165) is 30.5 Å². The van der Waals surface area contributed by atoms with Crippen LogP contribution in [0.3, 0.4) is 0 Å². The van der Waals surface area contributed by atoms with Gasteiger partial charge in [-0.25, -0.2) is 9.97 Å². The number of aromatic nitrogens is 2. The number of aryl methyl sites for hydroxylation is 1. The van der Waals surface area contributed by atoms with Crippen LogP contribution in [0.25, 0.3) is 0 Å². The molecule has 1 saturated heterocycles. The van der Waals surface area contributed by atoms with Crippen LogP contribution in [0.15, 0.2) is 6.07 Å². The molecular weight excluding hydrogens is 232 g/mol. The Labute approximate surface area is 107 Å². The molecule has 0 bridgehead atoms. The van der Waals surface area contributed by atoms with Crippen LogP contribution < -0.4 is 10.2 Å². The second-order valence-corrected chi connectivity index (χ2v) is 6.45. The third-order valence-corrected chi connectivity index (χ3v) is 4.05. The van der Waals surface area contributed by atoms with Crippen LogP contribution in [-0.2, 0) is 0 Å². The molecule has 2 rings (SSSR count). The zero-order chi connectivity index (χ0) is 12.4. The molecule has 0 saturated carbocycles. The van der Waals surface area contributed by atoms with E-state index in [4.69, 9.17) is 0 Å². The average molecular weight is 252 g/mol. The lowest BCUT2D eigenvalue weighted by molar-refractivity contribution is 0.715. The van der Waals surface area contributed by atoms with Gasteiger partial charge in [-0.3, -0.25) is 0 Å². The fourth-order valence-corrected chi connectivity index (χ4v) is 3.53. The van der Waals surface area contributed by atoms with E-state index >= 15 is 0 Å². The lowest BCUT2D eigenvalue weighted by atomic mass is 10.3. The Bertz CT molecular complexity index is 386. The molecule has 2 heterocycles. The van der Waals surface area contributed by atoms with Gasteiger partial charge in [0, 0.05) is 36.7 Å². The molecule has 0 spiro atoms. The predicted octanol–water partition coefficient (Wildman–Crippen LogP) is 2.16. The molecule has 2 unspecified atom stereocenters. The van der Waals surface area contributed by atoms with Crippen LogP contribution in [0.4, 0.5) is 11.6 Å². The molecule has 1 aromatic rings. The summed E-state index contributed by atoms with van der Waals surface area (Å²) in [5.41, 5.74) is 0. The summed E-state index contributed by atoms with van der Waals surface area (Å²) >= 11 is 2.05. The van der Waals surface area contributed by atoms with Gasteiger partial charge < -0.3 is 10.2 Å². The van der Waals surface area contributed by atoms with Gasteiger partial charge in [0.2, 0.25) is 0 Å². The molecule has 5 heteroatoms. The lowest BCUT2D eigenvalue weighted by Crippen LogP contribution is -2.41. The van der Waals surface area contributed by atoms with E-state index in [1.165, 1.54) is 0 Å². The van der Waals surface area contributed by atoms with Gasteiger partial charge in [-0.05, 0) is 6.92 Å². The maximum absolute atomic E-state index is 4.54. The van der Waals surface area contributed by atoms with Crippen molar-refractivity contribution in [2.75, 3.05) is 30.4 Å². The van der Waals surface area contributed by atoms with Crippen molar-refractivity contribution in [2.24, 2.45) is 0 Å². The SMILES string of the molecule is CNc1cc(N2CC(C)SC(C)C2)nc(C)n1. The number of nitrogens with one attached hydrogen (secondary N) is 1. The number of rotatable bonds is 2. The first-order valence-electron chi connectivity index (χ1n) is 6.02. The Hall–Kier alpha value is -0.970. The third kappa shape index (κ3) is 3.03. The highest BCUT2D eigenvalue weighted by Gasteiger charge is 2.23. The molecule has 0 amide bonds. The van der Waals surface area contributed by atoms with E-state index in [9.17, 15) is 0 Å². The van der Waals surface area contributed by atoms with E-state index in [1.807, 2.05) is 20.0 Å². The van der Waals surface area contributed by atoms with Crippen molar-refractivity contribution >= 4 is 23.4 Å². The van der Waals surface area contributed by atoms with Gasteiger partial charge in [-0.15, -0.1) is 0 Å². The van der Waals surface area contributed by atoms with Crippen LogP contribution in [0.2, 0.25) is 0 Å². The first kappa shape index (κ1) is 12.5. The zero-order valence-corrected chi connectivity index (χ0v) is 11.7. The summed E-state index contributed by atoms with van der Waals surface area (Å²) in [6.45, 7) is 8.62. The zero-order valence-electron chi connectivity index (χ0n) is 10.9.